The largest absolute Gasteiger partial charge is 0.389 e. The summed E-state index contributed by atoms with van der Waals surface area (Å²) in [6, 6.07) is 0. The summed E-state index contributed by atoms with van der Waals surface area (Å²) in [6.45, 7) is 4.24. The molecule has 0 heterocycles. The van der Waals surface area contributed by atoms with E-state index in [-0.39, 0.29) is 0 Å². The zero-order valence-corrected chi connectivity index (χ0v) is 15.2. The summed E-state index contributed by atoms with van der Waals surface area (Å²) >= 11 is 0. The van der Waals surface area contributed by atoms with Gasteiger partial charge in [-0.1, -0.05) is 93.2 Å². The Morgan fingerprint density at radius 1 is 0.667 bits per heavy atom. The van der Waals surface area contributed by atoms with Crippen molar-refractivity contribution in [3.05, 3.63) is 72.9 Å². The van der Waals surface area contributed by atoms with E-state index in [0.717, 1.165) is 19.3 Å². The molecule has 2 heteroatoms. The summed E-state index contributed by atoms with van der Waals surface area (Å²) in [5.41, 5.74) is 0. The van der Waals surface area contributed by atoms with Crippen LogP contribution in [-0.4, -0.2) is 22.4 Å². The maximum atomic E-state index is 9.80. The van der Waals surface area contributed by atoms with Gasteiger partial charge in [-0.25, -0.2) is 0 Å². The molecule has 0 bridgehead atoms. The molecule has 0 aromatic rings. The molecule has 134 valence electrons. The minimum absolute atomic E-state index is 0.441. The number of hydrogen-bond donors (Lipinski definition) is 2. The van der Waals surface area contributed by atoms with Gasteiger partial charge < -0.3 is 10.2 Å². The Kier molecular flexibility index (Phi) is 16.5. The van der Waals surface area contributed by atoms with Gasteiger partial charge in [-0.15, -0.1) is 0 Å². The van der Waals surface area contributed by atoms with Crippen LogP contribution in [0.4, 0.5) is 0 Å². The van der Waals surface area contributed by atoms with Gasteiger partial charge in [0.15, 0.2) is 0 Å². The summed E-state index contributed by atoms with van der Waals surface area (Å²) in [6.07, 6.45) is 28.0. The van der Waals surface area contributed by atoms with Crippen molar-refractivity contribution in [2.24, 2.45) is 0 Å². The van der Waals surface area contributed by atoms with Crippen LogP contribution in [-0.2, 0) is 0 Å². The number of aliphatic hydroxyl groups excluding tert-OH is 2. The Balaban J connectivity index is 3.87. The fourth-order valence-electron chi connectivity index (χ4n) is 1.86. The van der Waals surface area contributed by atoms with Crippen LogP contribution in [0.2, 0.25) is 0 Å². The van der Waals surface area contributed by atoms with Crippen LogP contribution in [0.1, 0.15) is 52.4 Å². The highest BCUT2D eigenvalue weighted by Crippen LogP contribution is 1.99. The fourth-order valence-corrected chi connectivity index (χ4v) is 1.86. The Hall–Kier alpha value is -1.64. The van der Waals surface area contributed by atoms with E-state index in [1.807, 2.05) is 42.5 Å². The number of rotatable bonds is 13. The van der Waals surface area contributed by atoms with Gasteiger partial charge in [0.05, 0.1) is 12.2 Å². The molecule has 2 nitrogen and oxygen atoms in total. The van der Waals surface area contributed by atoms with E-state index >= 15 is 0 Å². The van der Waals surface area contributed by atoms with Gasteiger partial charge in [-0.3, -0.25) is 0 Å². The molecular weight excluding hydrogens is 296 g/mol. The second-order valence-corrected chi connectivity index (χ2v) is 5.61. The van der Waals surface area contributed by atoms with Crippen LogP contribution in [0.5, 0.6) is 0 Å². The van der Waals surface area contributed by atoms with Crippen molar-refractivity contribution in [2.45, 2.75) is 64.6 Å². The molecule has 2 atom stereocenters. The van der Waals surface area contributed by atoms with Crippen LogP contribution in [0, 0.1) is 0 Å². The van der Waals surface area contributed by atoms with Gasteiger partial charge in [0.25, 0.3) is 0 Å². The van der Waals surface area contributed by atoms with Crippen LogP contribution < -0.4 is 0 Å². The molecule has 0 aliphatic carbocycles. The predicted molar refractivity (Wildman–Crippen MR) is 106 cm³/mol. The quantitative estimate of drug-likeness (QED) is 0.349. The maximum absolute atomic E-state index is 9.80. The topological polar surface area (TPSA) is 40.5 Å². The maximum Gasteiger partial charge on any atom is 0.0758 e. The molecule has 0 saturated carbocycles. The van der Waals surface area contributed by atoms with Gasteiger partial charge in [0, 0.05) is 0 Å². The van der Waals surface area contributed by atoms with Gasteiger partial charge in [0.2, 0.25) is 0 Å². The molecule has 0 aromatic heterocycles. The van der Waals surface area contributed by atoms with E-state index in [1.54, 1.807) is 12.2 Å². The Bertz CT molecular complexity index is 439. The van der Waals surface area contributed by atoms with Crippen molar-refractivity contribution in [2.75, 3.05) is 0 Å². The highest BCUT2D eigenvalue weighted by Gasteiger charge is 1.93. The van der Waals surface area contributed by atoms with Gasteiger partial charge in [0.1, 0.15) is 0 Å². The molecular formula is C22H34O2. The number of unbranched alkanes of at least 4 members (excludes halogenated alkanes) is 1. The Labute approximate surface area is 148 Å². The van der Waals surface area contributed by atoms with Crippen molar-refractivity contribution in [3.8, 4) is 0 Å². The van der Waals surface area contributed by atoms with Crippen LogP contribution >= 0.6 is 0 Å². The lowest BCUT2D eigenvalue weighted by atomic mass is 10.2. The fraction of sp³-hybridized carbons (Fsp3) is 0.455. The molecule has 0 aromatic carbocycles. The molecule has 2 unspecified atom stereocenters. The summed E-state index contributed by atoms with van der Waals surface area (Å²) < 4.78 is 0. The lowest BCUT2D eigenvalue weighted by Crippen LogP contribution is -1.98. The predicted octanol–water partition coefficient (Wildman–Crippen LogP) is 5.43. The lowest BCUT2D eigenvalue weighted by Gasteiger charge is -1.99. The third kappa shape index (κ3) is 16.7. The molecule has 2 N–H and O–H groups in total. The first-order valence-corrected chi connectivity index (χ1v) is 9.03. The molecule has 0 rings (SSSR count). The minimum atomic E-state index is -0.459. The lowest BCUT2D eigenvalue weighted by molar-refractivity contribution is 0.226. The number of aliphatic hydroxyl groups is 2. The van der Waals surface area contributed by atoms with Crippen molar-refractivity contribution in [3.63, 3.8) is 0 Å². The zero-order chi connectivity index (χ0) is 17.9. The Morgan fingerprint density at radius 2 is 1.21 bits per heavy atom. The van der Waals surface area contributed by atoms with E-state index in [4.69, 9.17) is 0 Å². The van der Waals surface area contributed by atoms with Crippen molar-refractivity contribution in [1.29, 1.82) is 0 Å². The summed E-state index contributed by atoms with van der Waals surface area (Å²) in [7, 11) is 0. The third-order valence-corrected chi connectivity index (χ3v) is 3.22. The number of hydrogen-bond acceptors (Lipinski definition) is 2. The van der Waals surface area contributed by atoms with Gasteiger partial charge >= 0.3 is 0 Å². The molecule has 0 fully saturated rings. The highest BCUT2D eigenvalue weighted by molar-refractivity contribution is 5.13. The first-order valence-electron chi connectivity index (χ1n) is 9.03. The molecule has 0 amide bonds. The number of allylic oxidation sites excluding steroid dienone is 8. The molecule has 24 heavy (non-hydrogen) atoms. The van der Waals surface area contributed by atoms with Crippen molar-refractivity contribution >= 4 is 0 Å². The highest BCUT2D eigenvalue weighted by atomic mass is 16.3. The van der Waals surface area contributed by atoms with E-state index in [9.17, 15) is 10.2 Å². The second-order valence-electron chi connectivity index (χ2n) is 5.61. The second kappa shape index (κ2) is 17.7. The van der Waals surface area contributed by atoms with E-state index in [1.165, 1.54) is 6.42 Å². The average Bonchev–Trinajstić information content (AvgIpc) is 2.57. The SMILES string of the molecule is CC/C=C\CC(O)\C=C/C=C/C=C/C(O)C/C=C\C/C=C\CCC. The standard InChI is InChI=1S/C22H34O2/c1-3-5-7-8-9-10-14-18-22(24)20-16-12-11-15-19-21(23)17-13-6-4-2/h6-8,10-16,19-24H,3-5,9,17-18H2,1-2H3/b8-7-,12-11+,13-6-,14-10-,19-15-,20-16+. The van der Waals surface area contributed by atoms with Crippen LogP contribution in [0.3, 0.4) is 0 Å². The summed E-state index contributed by atoms with van der Waals surface area (Å²) in [4.78, 5) is 0. The first kappa shape index (κ1) is 22.4. The van der Waals surface area contributed by atoms with E-state index in [2.05, 4.69) is 32.1 Å². The molecule has 0 aliphatic heterocycles. The molecule has 0 radical (unpaired) electrons. The van der Waals surface area contributed by atoms with Gasteiger partial charge in [-0.05, 0) is 32.1 Å². The third-order valence-electron chi connectivity index (χ3n) is 3.22. The minimum Gasteiger partial charge on any atom is -0.389 e. The van der Waals surface area contributed by atoms with E-state index in [0.29, 0.717) is 12.8 Å². The normalized spacial score (nSPS) is 16.0. The average molecular weight is 331 g/mol. The van der Waals surface area contributed by atoms with Gasteiger partial charge in [-0.2, -0.15) is 0 Å². The van der Waals surface area contributed by atoms with Crippen LogP contribution in [0.15, 0.2) is 72.9 Å². The molecule has 0 aliphatic rings. The smallest absolute Gasteiger partial charge is 0.0758 e. The molecule has 0 spiro atoms. The zero-order valence-electron chi connectivity index (χ0n) is 15.2. The summed E-state index contributed by atoms with van der Waals surface area (Å²) in [5.74, 6) is 0. The Morgan fingerprint density at radius 3 is 1.75 bits per heavy atom. The molecule has 0 saturated heterocycles. The first-order chi connectivity index (χ1) is 11.7. The van der Waals surface area contributed by atoms with Crippen molar-refractivity contribution in [1.82, 2.24) is 0 Å². The van der Waals surface area contributed by atoms with Crippen molar-refractivity contribution < 1.29 is 10.2 Å². The van der Waals surface area contributed by atoms with E-state index < -0.39 is 12.2 Å². The monoisotopic (exact) mass is 330 g/mol. The summed E-state index contributed by atoms with van der Waals surface area (Å²) in [5, 5.41) is 19.5. The van der Waals surface area contributed by atoms with Crippen LogP contribution in [0.25, 0.3) is 0 Å².